The molecule has 0 bridgehead atoms. The van der Waals surface area contributed by atoms with Crippen molar-refractivity contribution in [2.45, 2.75) is 51.1 Å². The van der Waals surface area contributed by atoms with Gasteiger partial charge < -0.3 is 10.6 Å². The largest absolute Gasteiger partial charge is 0.365 e. The van der Waals surface area contributed by atoms with Crippen LogP contribution in [0.3, 0.4) is 0 Å². The summed E-state index contributed by atoms with van der Waals surface area (Å²) in [5.74, 6) is -0.293. The number of benzene rings is 1. The number of nitrogens with zero attached hydrogens (tertiary/aromatic N) is 5. The summed E-state index contributed by atoms with van der Waals surface area (Å²) in [4.78, 5) is 27.7. The number of rotatable bonds is 6. The van der Waals surface area contributed by atoms with E-state index in [0.717, 1.165) is 47.9 Å². The SMILES string of the molecule is NC(=O)c1sc2ccccc2c1C[C@@H]1CCCCCN1C(=O)CCn1cnnn1. The van der Waals surface area contributed by atoms with Gasteiger partial charge in [-0.15, -0.1) is 16.4 Å². The van der Waals surface area contributed by atoms with Gasteiger partial charge in [-0.25, -0.2) is 4.68 Å². The molecule has 4 rings (SSSR count). The zero-order chi connectivity index (χ0) is 20.2. The second-order valence-electron chi connectivity index (χ2n) is 7.39. The maximum absolute atomic E-state index is 13.0. The van der Waals surface area contributed by atoms with Gasteiger partial charge in [0.1, 0.15) is 6.33 Å². The quantitative estimate of drug-likeness (QED) is 0.669. The highest BCUT2D eigenvalue weighted by Gasteiger charge is 2.28. The lowest BCUT2D eigenvalue weighted by molar-refractivity contribution is -0.133. The standard InChI is InChI=1S/C20H24N6O2S/c21-20(28)19-16(15-7-3-4-8-17(15)29-19)12-14-6-2-1-5-10-26(14)18(27)9-11-25-13-22-23-24-25/h3-4,7-8,13-14H,1-2,5-6,9-12H2,(H2,21,28)/t14-/m0/s1. The highest BCUT2D eigenvalue weighted by molar-refractivity contribution is 7.21. The van der Waals surface area contributed by atoms with Gasteiger partial charge in [0.15, 0.2) is 0 Å². The van der Waals surface area contributed by atoms with E-state index >= 15 is 0 Å². The van der Waals surface area contributed by atoms with Gasteiger partial charge in [-0.3, -0.25) is 9.59 Å². The second-order valence-corrected chi connectivity index (χ2v) is 8.44. The number of hydrogen-bond acceptors (Lipinski definition) is 6. The molecule has 1 aliphatic heterocycles. The van der Waals surface area contributed by atoms with Gasteiger partial charge in [0.2, 0.25) is 5.91 Å². The predicted molar refractivity (Wildman–Crippen MR) is 110 cm³/mol. The van der Waals surface area contributed by atoms with Crippen molar-refractivity contribution < 1.29 is 9.59 Å². The number of carbonyl (C=O) groups excluding carboxylic acids is 2. The Bertz CT molecular complexity index is 1000. The summed E-state index contributed by atoms with van der Waals surface area (Å²) in [6, 6.07) is 8.06. The zero-order valence-corrected chi connectivity index (χ0v) is 17.0. The number of thiophene rings is 1. The molecule has 1 fully saturated rings. The number of nitrogens with two attached hydrogens (primary N) is 1. The van der Waals surface area contributed by atoms with Gasteiger partial charge in [0.05, 0.1) is 11.4 Å². The van der Waals surface area contributed by atoms with Crippen LogP contribution in [0.4, 0.5) is 0 Å². The van der Waals surface area contributed by atoms with Gasteiger partial charge in [0.25, 0.3) is 5.91 Å². The van der Waals surface area contributed by atoms with E-state index in [2.05, 4.69) is 15.5 Å². The Labute approximate surface area is 172 Å². The highest BCUT2D eigenvalue weighted by atomic mass is 32.1. The molecule has 3 aromatic rings. The number of likely N-dealkylation sites (tertiary alicyclic amines) is 1. The Kier molecular flexibility index (Phi) is 5.84. The van der Waals surface area contributed by atoms with E-state index in [1.165, 1.54) is 17.7 Å². The molecule has 0 radical (unpaired) electrons. The lowest BCUT2D eigenvalue weighted by atomic mass is 9.97. The minimum atomic E-state index is -0.397. The maximum Gasteiger partial charge on any atom is 0.259 e. The van der Waals surface area contributed by atoms with E-state index in [9.17, 15) is 9.59 Å². The van der Waals surface area contributed by atoms with E-state index in [-0.39, 0.29) is 11.9 Å². The van der Waals surface area contributed by atoms with Crippen LogP contribution >= 0.6 is 11.3 Å². The minimum Gasteiger partial charge on any atom is -0.365 e. The van der Waals surface area contributed by atoms with Crippen LogP contribution in [-0.2, 0) is 17.8 Å². The molecule has 1 aliphatic rings. The second kappa shape index (κ2) is 8.69. The molecule has 8 nitrogen and oxygen atoms in total. The van der Waals surface area contributed by atoms with Gasteiger partial charge >= 0.3 is 0 Å². The summed E-state index contributed by atoms with van der Waals surface area (Å²) >= 11 is 1.44. The first-order valence-corrected chi connectivity index (χ1v) is 10.8. The number of carbonyl (C=O) groups is 2. The molecule has 0 aliphatic carbocycles. The molecule has 0 unspecified atom stereocenters. The average molecular weight is 413 g/mol. The highest BCUT2D eigenvalue weighted by Crippen LogP contribution is 2.34. The van der Waals surface area contributed by atoms with E-state index < -0.39 is 5.91 Å². The molecule has 29 heavy (non-hydrogen) atoms. The predicted octanol–water partition coefficient (Wildman–Crippen LogP) is 2.39. The van der Waals surface area contributed by atoms with Gasteiger partial charge in [-0.2, -0.15) is 0 Å². The lowest BCUT2D eigenvalue weighted by Crippen LogP contribution is -2.41. The average Bonchev–Trinajstić information content (AvgIpc) is 3.30. The fourth-order valence-electron chi connectivity index (χ4n) is 4.09. The normalized spacial score (nSPS) is 17.4. The maximum atomic E-state index is 13.0. The first-order valence-electron chi connectivity index (χ1n) is 9.94. The van der Waals surface area contributed by atoms with Crippen LogP contribution in [0.1, 0.15) is 47.3 Å². The Hall–Kier alpha value is -2.81. The van der Waals surface area contributed by atoms with Crippen molar-refractivity contribution in [1.82, 2.24) is 25.1 Å². The summed E-state index contributed by atoms with van der Waals surface area (Å²) in [7, 11) is 0. The summed E-state index contributed by atoms with van der Waals surface area (Å²) in [6.45, 7) is 1.20. The van der Waals surface area contributed by atoms with E-state index in [1.807, 2.05) is 29.2 Å². The van der Waals surface area contributed by atoms with Crippen LogP contribution in [0, 0.1) is 0 Å². The monoisotopic (exact) mass is 412 g/mol. The molecule has 3 heterocycles. The van der Waals surface area contributed by atoms with Crippen LogP contribution in [0.2, 0.25) is 0 Å². The molecule has 0 saturated carbocycles. The number of aryl methyl sites for hydroxylation is 1. The molecule has 1 saturated heterocycles. The summed E-state index contributed by atoms with van der Waals surface area (Å²) in [6.07, 6.45) is 6.65. The first-order chi connectivity index (χ1) is 14.1. The third-order valence-electron chi connectivity index (χ3n) is 5.51. The Morgan fingerprint density at radius 1 is 1.21 bits per heavy atom. The van der Waals surface area contributed by atoms with E-state index in [1.54, 1.807) is 4.68 Å². The fourth-order valence-corrected chi connectivity index (χ4v) is 5.18. The molecule has 152 valence electrons. The van der Waals surface area contributed by atoms with Crippen LogP contribution in [0.25, 0.3) is 10.1 Å². The lowest BCUT2D eigenvalue weighted by Gasteiger charge is -2.30. The van der Waals surface area contributed by atoms with Crippen LogP contribution in [0.5, 0.6) is 0 Å². The van der Waals surface area contributed by atoms with Crippen LogP contribution < -0.4 is 5.73 Å². The van der Waals surface area contributed by atoms with Crippen molar-refractivity contribution in [2.75, 3.05) is 6.54 Å². The first kappa shape index (κ1) is 19.5. The van der Waals surface area contributed by atoms with Crippen molar-refractivity contribution in [2.24, 2.45) is 5.73 Å². The Balaban J connectivity index is 1.58. The smallest absolute Gasteiger partial charge is 0.259 e. The Morgan fingerprint density at radius 2 is 2.07 bits per heavy atom. The molecule has 9 heteroatoms. The van der Waals surface area contributed by atoms with Gasteiger partial charge in [-0.1, -0.05) is 31.0 Å². The van der Waals surface area contributed by atoms with E-state index in [0.29, 0.717) is 24.3 Å². The minimum absolute atomic E-state index is 0.0648. The molecule has 0 spiro atoms. The van der Waals surface area contributed by atoms with Crippen molar-refractivity contribution in [1.29, 1.82) is 0 Å². The number of fused-ring (bicyclic) bond motifs is 1. The third-order valence-corrected chi connectivity index (χ3v) is 6.73. The Morgan fingerprint density at radius 3 is 2.86 bits per heavy atom. The number of amides is 2. The summed E-state index contributed by atoms with van der Waals surface area (Å²) in [5.41, 5.74) is 6.66. The van der Waals surface area contributed by atoms with Crippen molar-refractivity contribution >= 4 is 33.2 Å². The topological polar surface area (TPSA) is 107 Å². The molecule has 2 amide bonds. The van der Waals surface area contributed by atoms with Gasteiger partial charge in [0, 0.05) is 23.7 Å². The number of tetrazole rings is 1. The molecular weight excluding hydrogens is 388 g/mol. The third kappa shape index (κ3) is 4.29. The number of primary amides is 1. The van der Waals surface area contributed by atoms with Crippen molar-refractivity contribution in [3.05, 3.63) is 41.0 Å². The number of hydrogen-bond donors (Lipinski definition) is 1. The molecule has 1 atom stereocenters. The van der Waals surface area contributed by atoms with Crippen molar-refractivity contribution in [3.63, 3.8) is 0 Å². The van der Waals surface area contributed by atoms with Gasteiger partial charge in [-0.05, 0) is 46.7 Å². The summed E-state index contributed by atoms with van der Waals surface area (Å²) in [5, 5.41) is 12.1. The van der Waals surface area contributed by atoms with Crippen LogP contribution in [0.15, 0.2) is 30.6 Å². The van der Waals surface area contributed by atoms with Crippen molar-refractivity contribution in [3.8, 4) is 0 Å². The number of aromatic nitrogens is 4. The molecular formula is C20H24N6O2S. The molecule has 2 aromatic heterocycles. The van der Waals surface area contributed by atoms with E-state index in [4.69, 9.17) is 5.73 Å². The fraction of sp³-hybridized carbons (Fsp3) is 0.450. The van der Waals surface area contributed by atoms with Crippen LogP contribution in [-0.4, -0.2) is 49.5 Å². The summed E-state index contributed by atoms with van der Waals surface area (Å²) < 4.78 is 2.63. The molecule has 2 N–H and O–H groups in total. The zero-order valence-electron chi connectivity index (χ0n) is 16.2. The molecule has 1 aromatic carbocycles.